The predicted molar refractivity (Wildman–Crippen MR) is 73.1 cm³/mol. The summed E-state index contributed by atoms with van der Waals surface area (Å²) in [6, 6.07) is 9.48. The maximum Gasteiger partial charge on any atom is 0.172 e. The van der Waals surface area contributed by atoms with Crippen molar-refractivity contribution in [3.63, 3.8) is 0 Å². The second-order valence-electron chi connectivity index (χ2n) is 5.25. The number of benzene rings is 1. The van der Waals surface area contributed by atoms with Gasteiger partial charge in [-0.3, -0.25) is 4.79 Å². The Hall–Kier alpha value is -1.37. The van der Waals surface area contributed by atoms with Crippen LogP contribution in [0.15, 0.2) is 43.0 Å². The van der Waals surface area contributed by atoms with E-state index in [0.717, 1.165) is 18.4 Å². The third kappa shape index (κ3) is 3.55. The van der Waals surface area contributed by atoms with Crippen LogP contribution >= 0.6 is 0 Å². The predicted octanol–water partition coefficient (Wildman–Crippen LogP) is 4.50. The van der Waals surface area contributed by atoms with E-state index in [1.54, 1.807) is 6.08 Å². The molecular weight excluding hydrogens is 208 g/mol. The molecule has 17 heavy (non-hydrogen) atoms. The van der Waals surface area contributed by atoms with Crippen LogP contribution < -0.4 is 0 Å². The Morgan fingerprint density at radius 1 is 1.35 bits per heavy atom. The van der Waals surface area contributed by atoms with E-state index in [2.05, 4.69) is 20.4 Å². The van der Waals surface area contributed by atoms with E-state index in [4.69, 9.17) is 0 Å². The van der Waals surface area contributed by atoms with Gasteiger partial charge in [0, 0.05) is 11.0 Å². The van der Waals surface area contributed by atoms with Crippen molar-refractivity contribution in [2.45, 2.75) is 33.6 Å². The molecule has 1 rings (SSSR count). The molecule has 0 aliphatic heterocycles. The summed E-state index contributed by atoms with van der Waals surface area (Å²) in [5, 5.41) is 0. The van der Waals surface area contributed by atoms with Crippen LogP contribution in [0.3, 0.4) is 0 Å². The lowest BCUT2D eigenvalue weighted by molar-refractivity contribution is 0.0854. The molecule has 0 aliphatic rings. The van der Waals surface area contributed by atoms with Crippen LogP contribution in [0.4, 0.5) is 0 Å². The molecule has 1 aromatic rings. The Balaban J connectivity index is 2.86. The Labute approximate surface area is 105 Å². The Morgan fingerprint density at radius 3 is 2.41 bits per heavy atom. The molecule has 1 nitrogen and oxygen atoms in total. The molecular formula is C16H22O. The van der Waals surface area contributed by atoms with Gasteiger partial charge >= 0.3 is 0 Å². The standard InChI is InChI=1S/C16H22O/c1-5-16(4,12-11-13(2)3)15(17)14-9-7-6-8-10-14/h5-10,13H,1,11-12H2,2-4H3. The van der Waals surface area contributed by atoms with Crippen molar-refractivity contribution < 1.29 is 4.79 Å². The van der Waals surface area contributed by atoms with E-state index in [1.165, 1.54) is 0 Å². The molecule has 0 aromatic heterocycles. The van der Waals surface area contributed by atoms with E-state index < -0.39 is 5.41 Å². The van der Waals surface area contributed by atoms with Gasteiger partial charge in [-0.2, -0.15) is 0 Å². The zero-order valence-corrected chi connectivity index (χ0v) is 11.1. The molecule has 0 bridgehead atoms. The third-order valence-corrected chi connectivity index (χ3v) is 3.25. The van der Waals surface area contributed by atoms with Crippen molar-refractivity contribution in [3.05, 3.63) is 48.6 Å². The summed E-state index contributed by atoms with van der Waals surface area (Å²) >= 11 is 0. The average Bonchev–Trinajstić information content (AvgIpc) is 2.36. The van der Waals surface area contributed by atoms with Gasteiger partial charge in [0.15, 0.2) is 5.78 Å². The zero-order valence-electron chi connectivity index (χ0n) is 11.1. The summed E-state index contributed by atoms with van der Waals surface area (Å²) in [7, 11) is 0. The van der Waals surface area contributed by atoms with Crippen molar-refractivity contribution in [1.29, 1.82) is 0 Å². The second kappa shape index (κ2) is 5.81. The minimum Gasteiger partial charge on any atom is -0.293 e. The van der Waals surface area contributed by atoms with Gasteiger partial charge in [-0.25, -0.2) is 0 Å². The Morgan fingerprint density at radius 2 is 1.94 bits per heavy atom. The number of Topliss-reactive ketones (excluding diaryl/α,β-unsaturated/α-hetero) is 1. The Bertz CT molecular complexity index is 378. The first-order chi connectivity index (χ1) is 7.99. The maximum absolute atomic E-state index is 12.4. The fourth-order valence-corrected chi connectivity index (χ4v) is 1.82. The van der Waals surface area contributed by atoms with Crippen LogP contribution in [-0.2, 0) is 0 Å². The molecule has 0 N–H and O–H groups in total. The maximum atomic E-state index is 12.4. The fourth-order valence-electron chi connectivity index (χ4n) is 1.82. The van der Waals surface area contributed by atoms with Gasteiger partial charge in [-0.05, 0) is 25.7 Å². The normalized spacial score (nSPS) is 14.4. The minimum absolute atomic E-state index is 0.175. The summed E-state index contributed by atoms with van der Waals surface area (Å²) < 4.78 is 0. The quantitative estimate of drug-likeness (QED) is 0.519. The number of ketones is 1. The molecule has 0 fully saturated rings. The van der Waals surface area contributed by atoms with Gasteiger partial charge < -0.3 is 0 Å². The van der Waals surface area contributed by atoms with E-state index in [0.29, 0.717) is 5.92 Å². The first-order valence-corrected chi connectivity index (χ1v) is 6.23. The van der Waals surface area contributed by atoms with Crippen LogP contribution in [0.1, 0.15) is 44.0 Å². The highest BCUT2D eigenvalue weighted by molar-refractivity contribution is 6.01. The second-order valence-corrected chi connectivity index (χ2v) is 5.25. The van der Waals surface area contributed by atoms with Gasteiger partial charge in [-0.1, -0.05) is 50.3 Å². The molecule has 1 heteroatoms. The van der Waals surface area contributed by atoms with Gasteiger partial charge in [0.05, 0.1) is 0 Å². The number of rotatable bonds is 6. The number of hydrogen-bond donors (Lipinski definition) is 0. The molecule has 0 saturated heterocycles. The van der Waals surface area contributed by atoms with Crippen molar-refractivity contribution in [2.75, 3.05) is 0 Å². The lowest BCUT2D eigenvalue weighted by Crippen LogP contribution is -2.26. The molecule has 0 radical (unpaired) electrons. The summed E-state index contributed by atoms with van der Waals surface area (Å²) in [5.41, 5.74) is 0.338. The van der Waals surface area contributed by atoms with E-state index in [9.17, 15) is 4.79 Å². The van der Waals surface area contributed by atoms with Gasteiger partial charge in [0.1, 0.15) is 0 Å². The highest BCUT2D eigenvalue weighted by Gasteiger charge is 2.30. The molecule has 0 spiro atoms. The summed E-state index contributed by atoms with van der Waals surface area (Å²) in [5.74, 6) is 0.784. The van der Waals surface area contributed by atoms with E-state index in [-0.39, 0.29) is 5.78 Å². The SMILES string of the molecule is C=CC(C)(CCC(C)C)C(=O)c1ccccc1. The topological polar surface area (TPSA) is 17.1 Å². The van der Waals surface area contributed by atoms with Crippen molar-refractivity contribution in [2.24, 2.45) is 11.3 Å². The summed E-state index contributed by atoms with van der Waals surface area (Å²) in [6.07, 6.45) is 3.70. The van der Waals surface area contributed by atoms with Gasteiger partial charge in [0.25, 0.3) is 0 Å². The van der Waals surface area contributed by atoms with E-state index >= 15 is 0 Å². The van der Waals surface area contributed by atoms with Crippen LogP contribution in [0.2, 0.25) is 0 Å². The minimum atomic E-state index is -0.439. The van der Waals surface area contributed by atoms with Crippen molar-refractivity contribution in [3.8, 4) is 0 Å². The summed E-state index contributed by atoms with van der Waals surface area (Å²) in [6.45, 7) is 10.2. The fraction of sp³-hybridized carbons (Fsp3) is 0.438. The van der Waals surface area contributed by atoms with Crippen LogP contribution in [-0.4, -0.2) is 5.78 Å². The van der Waals surface area contributed by atoms with E-state index in [1.807, 2.05) is 37.3 Å². The lowest BCUT2D eigenvalue weighted by Gasteiger charge is -2.25. The highest BCUT2D eigenvalue weighted by atomic mass is 16.1. The number of allylic oxidation sites excluding steroid dienone is 1. The zero-order chi connectivity index (χ0) is 12.9. The first kappa shape index (κ1) is 13.7. The summed E-state index contributed by atoms with van der Waals surface area (Å²) in [4.78, 5) is 12.4. The average molecular weight is 230 g/mol. The van der Waals surface area contributed by atoms with Crippen LogP contribution in [0, 0.1) is 11.3 Å². The third-order valence-electron chi connectivity index (χ3n) is 3.25. The molecule has 0 amide bonds. The lowest BCUT2D eigenvalue weighted by atomic mass is 9.77. The van der Waals surface area contributed by atoms with Gasteiger partial charge in [-0.15, -0.1) is 6.58 Å². The molecule has 0 saturated carbocycles. The molecule has 0 aliphatic carbocycles. The first-order valence-electron chi connectivity index (χ1n) is 6.23. The monoisotopic (exact) mass is 230 g/mol. The van der Waals surface area contributed by atoms with Gasteiger partial charge in [0.2, 0.25) is 0 Å². The highest BCUT2D eigenvalue weighted by Crippen LogP contribution is 2.30. The van der Waals surface area contributed by atoms with Crippen molar-refractivity contribution >= 4 is 5.78 Å². The molecule has 0 heterocycles. The molecule has 1 atom stereocenters. The number of hydrogen-bond acceptors (Lipinski definition) is 1. The number of carbonyl (C=O) groups is 1. The molecule has 92 valence electrons. The largest absolute Gasteiger partial charge is 0.293 e. The van der Waals surface area contributed by atoms with Crippen molar-refractivity contribution in [1.82, 2.24) is 0 Å². The van der Waals surface area contributed by atoms with Crippen LogP contribution in [0.5, 0.6) is 0 Å². The molecule has 1 unspecified atom stereocenters. The van der Waals surface area contributed by atoms with Crippen LogP contribution in [0.25, 0.3) is 0 Å². The smallest absolute Gasteiger partial charge is 0.172 e. The number of carbonyl (C=O) groups excluding carboxylic acids is 1. The molecule has 1 aromatic carbocycles. The Kier molecular flexibility index (Phi) is 4.68.